The quantitative estimate of drug-likeness (QED) is 0.726. The first-order chi connectivity index (χ1) is 12.5. The monoisotopic (exact) mass is 395 g/mol. The van der Waals surface area contributed by atoms with Crippen molar-refractivity contribution >= 4 is 15.4 Å². The van der Waals surface area contributed by atoms with Crippen LogP contribution in [0, 0.1) is 5.92 Å². The molecular weight excluding hydrogens is 375 g/mol. The van der Waals surface area contributed by atoms with Gasteiger partial charge >= 0.3 is 6.18 Å². The highest BCUT2D eigenvalue weighted by Crippen LogP contribution is 2.48. The van der Waals surface area contributed by atoms with E-state index in [9.17, 15) is 21.6 Å². The van der Waals surface area contributed by atoms with Crippen molar-refractivity contribution in [3.05, 3.63) is 64.9 Å². The molecule has 144 valence electrons. The van der Waals surface area contributed by atoms with Crippen molar-refractivity contribution in [2.45, 2.75) is 37.4 Å². The molecule has 0 radical (unpaired) electrons. The minimum Gasteiger partial charge on any atom is -0.244 e. The summed E-state index contributed by atoms with van der Waals surface area (Å²) in [5.74, 6) is 0.205. The van der Waals surface area contributed by atoms with E-state index < -0.39 is 21.6 Å². The molecule has 0 spiro atoms. The zero-order valence-electron chi connectivity index (χ0n) is 15.2. The van der Waals surface area contributed by atoms with E-state index in [1.807, 2.05) is 6.92 Å². The van der Waals surface area contributed by atoms with Crippen molar-refractivity contribution in [1.29, 1.82) is 0 Å². The fourth-order valence-electron chi connectivity index (χ4n) is 3.82. The largest absolute Gasteiger partial charge is 0.416 e. The lowest BCUT2D eigenvalue weighted by molar-refractivity contribution is -0.137. The lowest BCUT2D eigenvalue weighted by Gasteiger charge is -2.21. The van der Waals surface area contributed by atoms with Gasteiger partial charge in [-0.3, -0.25) is 0 Å². The van der Waals surface area contributed by atoms with Crippen molar-refractivity contribution in [2.75, 3.05) is 6.26 Å². The van der Waals surface area contributed by atoms with E-state index in [4.69, 9.17) is 0 Å². The highest BCUT2D eigenvalue weighted by molar-refractivity contribution is 7.90. The Balaban J connectivity index is 2.00. The number of benzene rings is 1. The molecule has 0 saturated heterocycles. The Morgan fingerprint density at radius 3 is 2.19 bits per heavy atom. The molecule has 3 nitrogen and oxygen atoms in total. The number of allylic oxidation sites excluding steroid dienone is 2. The molecular formula is C20H20F3NO2S. The summed E-state index contributed by atoms with van der Waals surface area (Å²) in [6.07, 6.45) is -0.879. The van der Waals surface area contributed by atoms with Gasteiger partial charge in [0.1, 0.15) is 0 Å². The lowest BCUT2D eigenvalue weighted by Crippen LogP contribution is -2.09. The van der Waals surface area contributed by atoms with Crippen LogP contribution in [0.3, 0.4) is 0 Å². The van der Waals surface area contributed by atoms with Crippen molar-refractivity contribution < 1.29 is 21.6 Å². The summed E-state index contributed by atoms with van der Waals surface area (Å²) in [6, 6.07) is 8.43. The van der Waals surface area contributed by atoms with Gasteiger partial charge in [0.05, 0.1) is 5.56 Å². The molecule has 0 fully saturated rings. The number of pyridine rings is 1. The van der Waals surface area contributed by atoms with Crippen LogP contribution in [0.25, 0.3) is 5.57 Å². The molecule has 2 atom stereocenters. The third-order valence-electron chi connectivity index (χ3n) is 4.99. The molecule has 0 aliphatic heterocycles. The Morgan fingerprint density at radius 2 is 1.70 bits per heavy atom. The third kappa shape index (κ3) is 3.93. The molecule has 2 aromatic rings. The fraction of sp³-hybridized carbons (Fsp3) is 0.350. The molecule has 2 unspecified atom stereocenters. The predicted octanol–water partition coefficient (Wildman–Crippen LogP) is 5.10. The van der Waals surface area contributed by atoms with Crippen LogP contribution >= 0.6 is 0 Å². The number of halogens is 3. The molecule has 1 heterocycles. The highest BCUT2D eigenvalue weighted by Gasteiger charge is 2.34. The molecule has 0 bridgehead atoms. The van der Waals surface area contributed by atoms with Gasteiger partial charge in [-0.05, 0) is 54.2 Å². The van der Waals surface area contributed by atoms with Crippen LogP contribution in [0.1, 0.15) is 42.9 Å². The summed E-state index contributed by atoms with van der Waals surface area (Å²) in [4.78, 5) is 4.07. The minimum atomic E-state index is -4.37. The molecule has 0 amide bonds. The zero-order valence-corrected chi connectivity index (χ0v) is 16.0. The van der Waals surface area contributed by atoms with Crippen LogP contribution in [0.15, 0.2) is 53.2 Å². The summed E-state index contributed by atoms with van der Waals surface area (Å²) >= 11 is 0. The number of alkyl halides is 3. The van der Waals surface area contributed by atoms with Gasteiger partial charge in [0.15, 0.2) is 14.9 Å². The van der Waals surface area contributed by atoms with Crippen LogP contribution < -0.4 is 0 Å². The molecule has 0 saturated carbocycles. The molecule has 1 aliphatic carbocycles. The topological polar surface area (TPSA) is 47.0 Å². The molecule has 1 aromatic carbocycles. The second kappa shape index (κ2) is 6.78. The number of hydrogen-bond donors (Lipinski definition) is 0. The van der Waals surface area contributed by atoms with Gasteiger partial charge in [-0.15, -0.1) is 0 Å². The summed E-state index contributed by atoms with van der Waals surface area (Å²) in [5, 5.41) is 0.00804. The first-order valence-electron chi connectivity index (χ1n) is 8.52. The molecule has 7 heteroatoms. The van der Waals surface area contributed by atoms with E-state index in [1.54, 1.807) is 12.3 Å². The third-order valence-corrected chi connectivity index (χ3v) is 5.99. The van der Waals surface area contributed by atoms with E-state index in [0.717, 1.165) is 47.1 Å². The van der Waals surface area contributed by atoms with Crippen LogP contribution in [0.4, 0.5) is 13.2 Å². The normalized spacial score (nSPS) is 21.0. The average Bonchev–Trinajstić information content (AvgIpc) is 2.87. The number of sulfone groups is 1. The summed E-state index contributed by atoms with van der Waals surface area (Å²) < 4.78 is 61.8. The van der Waals surface area contributed by atoms with Crippen LogP contribution in [-0.4, -0.2) is 19.7 Å². The van der Waals surface area contributed by atoms with E-state index in [0.29, 0.717) is 0 Å². The van der Waals surface area contributed by atoms with Crippen LogP contribution in [0.5, 0.6) is 0 Å². The first-order valence-corrected chi connectivity index (χ1v) is 10.4. The number of aromatic nitrogens is 1. The average molecular weight is 395 g/mol. The Hall–Kier alpha value is -2.15. The van der Waals surface area contributed by atoms with Gasteiger partial charge < -0.3 is 0 Å². The van der Waals surface area contributed by atoms with E-state index >= 15 is 0 Å². The highest BCUT2D eigenvalue weighted by atomic mass is 32.2. The maximum absolute atomic E-state index is 12.8. The van der Waals surface area contributed by atoms with Gasteiger partial charge in [0, 0.05) is 18.4 Å². The van der Waals surface area contributed by atoms with Gasteiger partial charge in [-0.1, -0.05) is 30.7 Å². The smallest absolute Gasteiger partial charge is 0.244 e. The Morgan fingerprint density at radius 1 is 1.07 bits per heavy atom. The zero-order chi connectivity index (χ0) is 20.0. The van der Waals surface area contributed by atoms with E-state index in [2.05, 4.69) is 11.9 Å². The molecule has 27 heavy (non-hydrogen) atoms. The number of nitrogens with zero attached hydrogens (tertiary/aromatic N) is 1. The van der Waals surface area contributed by atoms with E-state index in [1.165, 1.54) is 18.2 Å². The Kier molecular flexibility index (Phi) is 4.93. The Bertz CT molecular complexity index is 975. The van der Waals surface area contributed by atoms with Gasteiger partial charge in [0.2, 0.25) is 0 Å². The standard InChI is InChI=1S/C20H20F3NO2S/c1-12-10-13(2)19(15-6-9-17(24-11-15)27(3,25)26)18(12)14-4-7-16(8-5-14)20(21,22)23/h4-9,11,13,19H,10H2,1-3H3. The minimum absolute atomic E-state index is 0.00804. The molecule has 1 aromatic heterocycles. The fourth-order valence-corrected chi connectivity index (χ4v) is 4.38. The molecule has 0 N–H and O–H groups in total. The van der Waals surface area contributed by atoms with E-state index in [-0.39, 0.29) is 16.9 Å². The SMILES string of the molecule is CC1=C(c2ccc(C(F)(F)F)cc2)C(c2ccc(S(C)(=O)=O)nc2)C(C)C1. The van der Waals surface area contributed by atoms with Gasteiger partial charge in [0.25, 0.3) is 0 Å². The van der Waals surface area contributed by atoms with Crippen molar-refractivity contribution in [3.8, 4) is 0 Å². The number of hydrogen-bond acceptors (Lipinski definition) is 3. The summed E-state index contributed by atoms with van der Waals surface area (Å²) in [6.45, 7) is 4.07. The summed E-state index contributed by atoms with van der Waals surface area (Å²) in [7, 11) is -3.38. The predicted molar refractivity (Wildman–Crippen MR) is 97.9 cm³/mol. The second-order valence-corrected chi connectivity index (χ2v) is 9.09. The van der Waals surface area contributed by atoms with Crippen molar-refractivity contribution in [2.24, 2.45) is 5.92 Å². The Labute approximate surface area is 156 Å². The van der Waals surface area contributed by atoms with Crippen molar-refractivity contribution in [3.63, 3.8) is 0 Å². The van der Waals surface area contributed by atoms with Crippen LogP contribution in [-0.2, 0) is 16.0 Å². The lowest BCUT2D eigenvalue weighted by atomic mass is 9.83. The maximum Gasteiger partial charge on any atom is 0.416 e. The summed E-state index contributed by atoms with van der Waals surface area (Å²) in [5.41, 5.74) is 3.06. The van der Waals surface area contributed by atoms with Crippen molar-refractivity contribution in [1.82, 2.24) is 4.98 Å². The number of rotatable bonds is 3. The van der Waals surface area contributed by atoms with Gasteiger partial charge in [-0.2, -0.15) is 13.2 Å². The van der Waals surface area contributed by atoms with Gasteiger partial charge in [-0.25, -0.2) is 13.4 Å². The first kappa shape index (κ1) is 19.6. The maximum atomic E-state index is 12.8. The molecule has 1 aliphatic rings. The second-order valence-electron chi connectivity index (χ2n) is 7.13. The van der Waals surface area contributed by atoms with Crippen LogP contribution in [0.2, 0.25) is 0 Å². The molecule has 3 rings (SSSR count).